The zero-order chi connectivity index (χ0) is 18.4. The highest BCUT2D eigenvalue weighted by Crippen LogP contribution is 2.24. The number of benzene rings is 2. The molecule has 0 saturated heterocycles. The third kappa shape index (κ3) is 5.23. The molecular formula is C19H19FN2O3S. The zero-order valence-corrected chi connectivity index (χ0v) is 15.3. The zero-order valence-electron chi connectivity index (χ0n) is 14.5. The van der Waals surface area contributed by atoms with Gasteiger partial charge in [0.25, 0.3) is 11.1 Å². The number of thioether (sulfide) groups is 1. The van der Waals surface area contributed by atoms with Crippen LogP contribution in [0, 0.1) is 12.7 Å². The Kier molecular flexibility index (Phi) is 6.12. The van der Waals surface area contributed by atoms with Crippen LogP contribution >= 0.6 is 11.8 Å². The Bertz CT molecular complexity index is 822. The second kappa shape index (κ2) is 8.71. The average Bonchev–Trinajstić information content (AvgIpc) is 3.11. The summed E-state index contributed by atoms with van der Waals surface area (Å²) in [5, 5.41) is 8.46. The van der Waals surface area contributed by atoms with E-state index in [0.717, 1.165) is 5.75 Å². The first-order valence-corrected chi connectivity index (χ1v) is 9.16. The van der Waals surface area contributed by atoms with Gasteiger partial charge in [0.2, 0.25) is 0 Å². The number of halogens is 1. The topological polar surface area (TPSA) is 57.4 Å². The van der Waals surface area contributed by atoms with Crippen molar-refractivity contribution in [3.63, 3.8) is 0 Å². The minimum Gasteiger partial charge on any atom is -0.493 e. The largest absolute Gasteiger partial charge is 0.493 e. The summed E-state index contributed by atoms with van der Waals surface area (Å²) >= 11 is 1.42. The monoisotopic (exact) mass is 374 g/mol. The molecule has 3 rings (SSSR count). The van der Waals surface area contributed by atoms with Crippen molar-refractivity contribution in [1.29, 1.82) is 0 Å². The lowest BCUT2D eigenvalue weighted by molar-refractivity contribution is 0.181. The van der Waals surface area contributed by atoms with Gasteiger partial charge < -0.3 is 13.9 Å². The van der Waals surface area contributed by atoms with Crippen molar-refractivity contribution in [2.45, 2.75) is 25.2 Å². The fourth-order valence-electron chi connectivity index (χ4n) is 2.13. The van der Waals surface area contributed by atoms with Gasteiger partial charge in [-0.25, -0.2) is 4.39 Å². The quantitative estimate of drug-likeness (QED) is 0.416. The molecule has 1 unspecified atom stereocenters. The van der Waals surface area contributed by atoms with Gasteiger partial charge >= 0.3 is 0 Å². The Labute approximate surface area is 155 Å². The molecule has 0 fully saturated rings. The van der Waals surface area contributed by atoms with Crippen LogP contribution in [0.25, 0.3) is 0 Å². The van der Waals surface area contributed by atoms with E-state index < -0.39 is 6.10 Å². The van der Waals surface area contributed by atoms with E-state index in [4.69, 9.17) is 13.9 Å². The van der Waals surface area contributed by atoms with Crippen molar-refractivity contribution in [2.24, 2.45) is 0 Å². The van der Waals surface area contributed by atoms with Crippen LogP contribution in [0.2, 0.25) is 0 Å². The Morgan fingerprint density at radius 1 is 1.04 bits per heavy atom. The molecule has 0 aliphatic heterocycles. The first-order chi connectivity index (χ1) is 12.6. The van der Waals surface area contributed by atoms with Crippen molar-refractivity contribution in [3.8, 4) is 11.5 Å². The standard InChI is InChI=1S/C19H19FN2O3S/c1-13-3-7-16(8-4-13)23-11-12-26-19-22-21-18(25-19)14(2)24-17-9-5-15(20)6-10-17/h3-10,14H,11-12H2,1-2H3. The summed E-state index contributed by atoms with van der Waals surface area (Å²) in [5.74, 6) is 2.12. The highest BCUT2D eigenvalue weighted by Gasteiger charge is 2.16. The lowest BCUT2D eigenvalue weighted by Gasteiger charge is -2.10. The van der Waals surface area contributed by atoms with E-state index in [1.807, 2.05) is 31.2 Å². The number of hydrogen-bond donors (Lipinski definition) is 0. The second-order valence-electron chi connectivity index (χ2n) is 5.63. The van der Waals surface area contributed by atoms with E-state index >= 15 is 0 Å². The summed E-state index contributed by atoms with van der Waals surface area (Å²) in [6.45, 7) is 4.37. The lowest BCUT2D eigenvalue weighted by atomic mass is 10.2. The number of aryl methyl sites for hydroxylation is 1. The van der Waals surface area contributed by atoms with E-state index in [0.29, 0.717) is 29.2 Å². The Hall–Kier alpha value is -2.54. The predicted octanol–water partition coefficient (Wildman–Crippen LogP) is 4.83. The number of hydrogen-bond acceptors (Lipinski definition) is 6. The molecule has 1 heterocycles. The van der Waals surface area contributed by atoms with E-state index in [2.05, 4.69) is 10.2 Å². The maximum atomic E-state index is 12.9. The van der Waals surface area contributed by atoms with Gasteiger partial charge in [0.05, 0.1) is 6.61 Å². The first-order valence-electron chi connectivity index (χ1n) is 8.18. The molecule has 26 heavy (non-hydrogen) atoms. The molecule has 136 valence electrons. The molecule has 0 aliphatic carbocycles. The van der Waals surface area contributed by atoms with Crippen LogP contribution in [-0.4, -0.2) is 22.6 Å². The van der Waals surface area contributed by atoms with Gasteiger partial charge in [0, 0.05) is 5.75 Å². The van der Waals surface area contributed by atoms with Gasteiger partial charge in [0.15, 0.2) is 6.10 Å². The Balaban J connectivity index is 1.45. The molecule has 0 N–H and O–H groups in total. The van der Waals surface area contributed by atoms with Crippen LogP contribution in [0.1, 0.15) is 24.5 Å². The summed E-state index contributed by atoms with van der Waals surface area (Å²) in [4.78, 5) is 0. The van der Waals surface area contributed by atoms with Gasteiger partial charge in [-0.2, -0.15) is 0 Å². The van der Waals surface area contributed by atoms with Crippen molar-refractivity contribution in [3.05, 3.63) is 65.8 Å². The number of ether oxygens (including phenoxy) is 2. The van der Waals surface area contributed by atoms with Crippen LogP contribution in [0.4, 0.5) is 4.39 Å². The first kappa shape index (κ1) is 18.3. The third-order valence-electron chi connectivity index (χ3n) is 3.49. The lowest BCUT2D eigenvalue weighted by Crippen LogP contribution is -2.03. The Morgan fingerprint density at radius 2 is 1.73 bits per heavy atom. The molecule has 1 aromatic heterocycles. The Morgan fingerprint density at radius 3 is 2.46 bits per heavy atom. The van der Waals surface area contributed by atoms with Gasteiger partial charge in [0.1, 0.15) is 17.3 Å². The van der Waals surface area contributed by atoms with Crippen molar-refractivity contribution >= 4 is 11.8 Å². The highest BCUT2D eigenvalue weighted by molar-refractivity contribution is 7.99. The molecule has 3 aromatic rings. The van der Waals surface area contributed by atoms with Crippen LogP contribution in [0.3, 0.4) is 0 Å². The molecule has 7 heteroatoms. The molecule has 0 spiro atoms. The summed E-state index contributed by atoms with van der Waals surface area (Å²) in [7, 11) is 0. The molecule has 0 saturated carbocycles. The van der Waals surface area contributed by atoms with Crippen molar-refractivity contribution in [1.82, 2.24) is 10.2 Å². The maximum Gasteiger partial charge on any atom is 0.276 e. The van der Waals surface area contributed by atoms with E-state index in [-0.39, 0.29) is 5.82 Å². The number of rotatable bonds is 8. The molecular weight excluding hydrogens is 355 g/mol. The third-order valence-corrected chi connectivity index (χ3v) is 4.28. The molecule has 5 nitrogen and oxygen atoms in total. The molecule has 0 radical (unpaired) electrons. The fourth-order valence-corrected chi connectivity index (χ4v) is 2.72. The molecule has 2 aromatic carbocycles. The van der Waals surface area contributed by atoms with E-state index in [9.17, 15) is 4.39 Å². The average molecular weight is 374 g/mol. The number of aromatic nitrogens is 2. The van der Waals surface area contributed by atoms with Crippen LogP contribution in [-0.2, 0) is 0 Å². The van der Waals surface area contributed by atoms with E-state index in [1.165, 1.54) is 29.5 Å². The maximum absolute atomic E-state index is 12.9. The van der Waals surface area contributed by atoms with Gasteiger partial charge in [-0.15, -0.1) is 10.2 Å². The van der Waals surface area contributed by atoms with E-state index in [1.54, 1.807) is 19.1 Å². The summed E-state index contributed by atoms with van der Waals surface area (Å²) in [6.07, 6.45) is -0.425. The highest BCUT2D eigenvalue weighted by atomic mass is 32.2. The van der Waals surface area contributed by atoms with Gasteiger partial charge in [-0.3, -0.25) is 0 Å². The number of nitrogens with zero attached hydrogens (tertiary/aromatic N) is 2. The fraction of sp³-hybridized carbons (Fsp3) is 0.263. The summed E-state index contributed by atoms with van der Waals surface area (Å²) in [5.41, 5.74) is 1.20. The summed E-state index contributed by atoms with van der Waals surface area (Å²) < 4.78 is 29.8. The molecule has 0 amide bonds. The van der Waals surface area contributed by atoms with Gasteiger partial charge in [-0.1, -0.05) is 29.5 Å². The second-order valence-corrected chi connectivity index (χ2v) is 6.68. The molecule has 0 aliphatic rings. The summed E-state index contributed by atoms with van der Waals surface area (Å²) in [6, 6.07) is 13.7. The predicted molar refractivity (Wildman–Crippen MR) is 97.1 cm³/mol. The van der Waals surface area contributed by atoms with Crippen LogP contribution in [0.5, 0.6) is 11.5 Å². The van der Waals surface area contributed by atoms with Crippen LogP contribution < -0.4 is 9.47 Å². The molecule has 1 atom stereocenters. The minimum absolute atomic E-state index is 0.311. The van der Waals surface area contributed by atoms with Gasteiger partial charge in [-0.05, 0) is 50.2 Å². The van der Waals surface area contributed by atoms with Crippen molar-refractivity contribution in [2.75, 3.05) is 12.4 Å². The van der Waals surface area contributed by atoms with Crippen LogP contribution in [0.15, 0.2) is 58.2 Å². The SMILES string of the molecule is Cc1ccc(OCCSc2nnc(C(C)Oc3ccc(F)cc3)o2)cc1. The normalized spacial score (nSPS) is 12.0. The minimum atomic E-state index is -0.425. The smallest absolute Gasteiger partial charge is 0.276 e. The van der Waals surface area contributed by atoms with Crippen molar-refractivity contribution < 1.29 is 18.3 Å². The molecule has 0 bridgehead atoms.